The van der Waals surface area contributed by atoms with E-state index in [1.165, 1.54) is 23.0 Å². The predicted molar refractivity (Wildman–Crippen MR) is 78.5 cm³/mol. The second-order valence-electron chi connectivity index (χ2n) is 4.95. The Kier molecular flexibility index (Phi) is 5.91. The molecule has 11 heteroatoms. The Bertz CT molecular complexity index is 702. The van der Waals surface area contributed by atoms with Gasteiger partial charge in [-0.1, -0.05) is 5.21 Å². The third kappa shape index (κ3) is 5.71. The SMILES string of the molecule is CCOC(=O)Cn1cc([C@@H](N)c2ccc(OCC(F)(F)F)cn2)nn1. The number of pyridine rings is 1. The number of carbonyl (C=O) groups is 1. The van der Waals surface area contributed by atoms with Gasteiger partial charge >= 0.3 is 12.1 Å². The largest absolute Gasteiger partial charge is 0.483 e. The number of halogens is 3. The lowest BCUT2D eigenvalue weighted by atomic mass is 10.1. The molecule has 0 aliphatic heterocycles. The lowest BCUT2D eigenvalue weighted by Gasteiger charge is -2.11. The van der Waals surface area contributed by atoms with Crippen LogP contribution in [0, 0.1) is 0 Å². The third-order valence-electron chi connectivity index (χ3n) is 2.95. The number of nitrogens with zero attached hydrogens (tertiary/aromatic N) is 4. The molecule has 2 aromatic heterocycles. The summed E-state index contributed by atoms with van der Waals surface area (Å²) >= 11 is 0. The molecule has 0 saturated heterocycles. The molecule has 1 atom stereocenters. The minimum Gasteiger partial charge on any atom is -0.483 e. The number of hydrogen-bond acceptors (Lipinski definition) is 7. The van der Waals surface area contributed by atoms with Crippen molar-refractivity contribution < 1.29 is 27.4 Å². The van der Waals surface area contributed by atoms with E-state index in [4.69, 9.17) is 10.5 Å². The van der Waals surface area contributed by atoms with Crippen LogP contribution in [-0.4, -0.2) is 45.3 Å². The fourth-order valence-corrected chi connectivity index (χ4v) is 1.85. The molecule has 0 saturated carbocycles. The standard InChI is InChI=1S/C14H16F3N5O3/c1-2-24-12(23)7-22-6-11(20-21-22)13(18)10-4-3-9(5-19-10)25-8-14(15,16)17/h3-6,13H,2,7-8,18H2,1H3/t13-/m0/s1. The van der Waals surface area contributed by atoms with Gasteiger partial charge in [0, 0.05) is 0 Å². The van der Waals surface area contributed by atoms with Crippen LogP contribution in [0.25, 0.3) is 0 Å². The molecule has 0 aliphatic carbocycles. The second kappa shape index (κ2) is 7.92. The average Bonchev–Trinajstić information content (AvgIpc) is 3.00. The monoisotopic (exact) mass is 359 g/mol. The fraction of sp³-hybridized carbons (Fsp3) is 0.429. The molecule has 0 unspecified atom stereocenters. The first-order valence-corrected chi connectivity index (χ1v) is 7.25. The first-order chi connectivity index (χ1) is 11.8. The molecule has 0 bridgehead atoms. The lowest BCUT2D eigenvalue weighted by molar-refractivity contribution is -0.153. The summed E-state index contributed by atoms with van der Waals surface area (Å²) in [6, 6.07) is 2.00. The van der Waals surface area contributed by atoms with Crippen LogP contribution in [0.5, 0.6) is 5.75 Å². The maximum absolute atomic E-state index is 12.1. The van der Waals surface area contributed by atoms with Crippen molar-refractivity contribution in [2.75, 3.05) is 13.2 Å². The average molecular weight is 359 g/mol. The third-order valence-corrected chi connectivity index (χ3v) is 2.95. The smallest absolute Gasteiger partial charge is 0.422 e. The van der Waals surface area contributed by atoms with E-state index < -0.39 is 24.8 Å². The minimum atomic E-state index is -4.42. The van der Waals surface area contributed by atoms with Crippen LogP contribution < -0.4 is 10.5 Å². The van der Waals surface area contributed by atoms with Gasteiger partial charge in [-0.2, -0.15) is 13.2 Å². The summed E-state index contributed by atoms with van der Waals surface area (Å²) in [4.78, 5) is 15.4. The van der Waals surface area contributed by atoms with Crippen molar-refractivity contribution in [1.29, 1.82) is 0 Å². The fourth-order valence-electron chi connectivity index (χ4n) is 1.85. The highest BCUT2D eigenvalue weighted by Gasteiger charge is 2.28. The van der Waals surface area contributed by atoms with Gasteiger partial charge in [-0.25, -0.2) is 4.68 Å². The van der Waals surface area contributed by atoms with Crippen LogP contribution in [0.3, 0.4) is 0 Å². The van der Waals surface area contributed by atoms with E-state index in [1.807, 2.05) is 0 Å². The van der Waals surface area contributed by atoms with Crippen molar-refractivity contribution in [3.05, 3.63) is 35.9 Å². The van der Waals surface area contributed by atoms with Crippen LogP contribution in [0.4, 0.5) is 13.2 Å². The molecule has 2 rings (SSSR count). The number of ether oxygens (including phenoxy) is 2. The van der Waals surface area contributed by atoms with E-state index >= 15 is 0 Å². The van der Waals surface area contributed by atoms with Crippen molar-refractivity contribution in [2.24, 2.45) is 5.73 Å². The zero-order valence-electron chi connectivity index (χ0n) is 13.2. The second-order valence-corrected chi connectivity index (χ2v) is 4.95. The molecular formula is C14H16F3N5O3. The molecule has 25 heavy (non-hydrogen) atoms. The van der Waals surface area contributed by atoms with Gasteiger partial charge < -0.3 is 15.2 Å². The molecule has 136 valence electrons. The molecule has 2 aromatic rings. The molecule has 2 N–H and O–H groups in total. The Morgan fingerprint density at radius 3 is 2.72 bits per heavy atom. The first-order valence-electron chi connectivity index (χ1n) is 7.25. The van der Waals surface area contributed by atoms with E-state index in [2.05, 4.69) is 20.0 Å². The highest BCUT2D eigenvalue weighted by atomic mass is 19.4. The number of rotatable bonds is 7. The van der Waals surface area contributed by atoms with Crippen molar-refractivity contribution in [1.82, 2.24) is 20.0 Å². The summed E-state index contributed by atoms with van der Waals surface area (Å²) in [6.45, 7) is 0.439. The Balaban J connectivity index is 1.99. The molecule has 0 radical (unpaired) electrons. The highest BCUT2D eigenvalue weighted by Crippen LogP contribution is 2.20. The van der Waals surface area contributed by atoms with Crippen molar-refractivity contribution in [2.45, 2.75) is 25.7 Å². The Morgan fingerprint density at radius 1 is 1.36 bits per heavy atom. The van der Waals surface area contributed by atoms with Crippen molar-refractivity contribution >= 4 is 5.97 Å². The highest BCUT2D eigenvalue weighted by molar-refractivity contribution is 5.68. The van der Waals surface area contributed by atoms with Gasteiger partial charge in [-0.15, -0.1) is 5.10 Å². The molecule has 0 aliphatic rings. The number of hydrogen-bond donors (Lipinski definition) is 1. The number of aromatic nitrogens is 4. The van der Waals surface area contributed by atoms with Gasteiger partial charge in [0.25, 0.3) is 0 Å². The summed E-state index contributed by atoms with van der Waals surface area (Å²) < 4.78 is 46.9. The molecule has 0 amide bonds. The van der Waals surface area contributed by atoms with E-state index in [1.54, 1.807) is 6.92 Å². The number of alkyl halides is 3. The van der Waals surface area contributed by atoms with E-state index in [0.29, 0.717) is 11.4 Å². The van der Waals surface area contributed by atoms with Crippen LogP contribution in [-0.2, 0) is 16.1 Å². The zero-order chi connectivity index (χ0) is 18.4. The van der Waals surface area contributed by atoms with Crippen LogP contribution in [0.2, 0.25) is 0 Å². The number of esters is 1. The molecule has 8 nitrogen and oxygen atoms in total. The zero-order valence-corrected chi connectivity index (χ0v) is 13.2. The quantitative estimate of drug-likeness (QED) is 0.741. The summed E-state index contributed by atoms with van der Waals surface area (Å²) in [5.74, 6) is -0.490. The lowest BCUT2D eigenvalue weighted by Crippen LogP contribution is -2.19. The topological polar surface area (TPSA) is 105 Å². The van der Waals surface area contributed by atoms with Gasteiger partial charge in [-0.3, -0.25) is 9.78 Å². The summed E-state index contributed by atoms with van der Waals surface area (Å²) in [7, 11) is 0. The molecular weight excluding hydrogens is 343 g/mol. The Hall–Kier alpha value is -2.69. The van der Waals surface area contributed by atoms with Crippen molar-refractivity contribution in [3.8, 4) is 5.75 Å². The Labute approximate surface area is 140 Å². The summed E-state index contributed by atoms with van der Waals surface area (Å²) in [5.41, 5.74) is 6.71. The Morgan fingerprint density at radius 2 is 2.12 bits per heavy atom. The van der Waals surface area contributed by atoms with Gasteiger partial charge in [-0.05, 0) is 19.1 Å². The van der Waals surface area contributed by atoms with Crippen LogP contribution in [0.1, 0.15) is 24.4 Å². The molecule has 0 fully saturated rings. The van der Waals surface area contributed by atoms with Gasteiger partial charge in [0.1, 0.15) is 18.0 Å². The molecule has 0 spiro atoms. The minimum absolute atomic E-state index is 0.0285. The normalized spacial score (nSPS) is 12.7. The molecule has 0 aromatic carbocycles. The predicted octanol–water partition coefficient (Wildman–Crippen LogP) is 1.23. The molecule has 2 heterocycles. The van der Waals surface area contributed by atoms with E-state index in [-0.39, 0.29) is 18.9 Å². The van der Waals surface area contributed by atoms with Crippen LogP contribution in [0.15, 0.2) is 24.5 Å². The van der Waals surface area contributed by atoms with Gasteiger partial charge in [0.2, 0.25) is 0 Å². The summed E-state index contributed by atoms with van der Waals surface area (Å²) in [5, 5.41) is 7.62. The summed E-state index contributed by atoms with van der Waals surface area (Å²) in [6.07, 6.45) is -1.81. The maximum atomic E-state index is 12.1. The van der Waals surface area contributed by atoms with Gasteiger partial charge in [0.15, 0.2) is 6.61 Å². The van der Waals surface area contributed by atoms with Crippen LogP contribution >= 0.6 is 0 Å². The first kappa shape index (κ1) is 18.6. The van der Waals surface area contributed by atoms with Gasteiger partial charge in [0.05, 0.1) is 30.7 Å². The van der Waals surface area contributed by atoms with Crippen molar-refractivity contribution in [3.63, 3.8) is 0 Å². The number of carbonyl (C=O) groups excluding carboxylic acids is 1. The van der Waals surface area contributed by atoms with E-state index in [9.17, 15) is 18.0 Å². The maximum Gasteiger partial charge on any atom is 0.422 e. The number of nitrogens with two attached hydrogens (primary N) is 1. The van der Waals surface area contributed by atoms with E-state index in [0.717, 1.165) is 6.20 Å².